The van der Waals surface area contributed by atoms with Gasteiger partial charge < -0.3 is 10.1 Å². The molecule has 1 unspecified atom stereocenters. The van der Waals surface area contributed by atoms with Gasteiger partial charge in [-0.25, -0.2) is 9.97 Å². The molecule has 0 aliphatic carbocycles. The van der Waals surface area contributed by atoms with Gasteiger partial charge in [-0.3, -0.25) is 0 Å². The van der Waals surface area contributed by atoms with Gasteiger partial charge in [0.25, 0.3) is 0 Å². The smallest absolute Gasteiger partial charge is 0.225 e. The molecule has 0 bridgehead atoms. The van der Waals surface area contributed by atoms with Crippen molar-refractivity contribution in [2.24, 2.45) is 5.92 Å². The number of aromatic nitrogens is 2. The number of hydrogen-bond donors (Lipinski definition) is 1. The predicted octanol–water partition coefficient (Wildman–Crippen LogP) is 4.13. The molecule has 1 atom stereocenters. The van der Waals surface area contributed by atoms with Crippen LogP contribution in [0, 0.1) is 12.8 Å². The first-order chi connectivity index (χ1) is 9.51. The Kier molecular flexibility index (Phi) is 5.18. The summed E-state index contributed by atoms with van der Waals surface area (Å²) in [5.74, 6) is 1.23. The highest BCUT2D eigenvalue weighted by molar-refractivity contribution is 7.18. The topological polar surface area (TPSA) is 47.0 Å². The maximum Gasteiger partial charge on any atom is 0.225 e. The summed E-state index contributed by atoms with van der Waals surface area (Å²) in [6.45, 7) is 9.75. The summed E-state index contributed by atoms with van der Waals surface area (Å²) in [7, 11) is 0. The van der Waals surface area contributed by atoms with E-state index in [1.54, 1.807) is 11.3 Å². The summed E-state index contributed by atoms with van der Waals surface area (Å²) in [6, 6.07) is 2.29. The fraction of sp³-hybridized carbons (Fsp3) is 0.571. The Labute approximate surface area is 128 Å². The van der Waals surface area contributed by atoms with Crippen molar-refractivity contribution in [3.8, 4) is 0 Å². The molecule has 0 amide bonds. The molecule has 2 aromatic rings. The fourth-order valence-corrected chi connectivity index (χ4v) is 3.05. The summed E-state index contributed by atoms with van der Waals surface area (Å²) in [6.07, 6.45) is 0. The molecule has 0 aliphatic heterocycles. The van der Waals surface area contributed by atoms with Gasteiger partial charge in [0.15, 0.2) is 0 Å². The zero-order chi connectivity index (χ0) is 14.7. The van der Waals surface area contributed by atoms with Crippen molar-refractivity contribution < 1.29 is 4.74 Å². The number of aryl methyl sites for hydroxylation is 1. The Balaban J connectivity index is 2.30. The molecule has 20 heavy (non-hydrogen) atoms. The second-order valence-electron chi connectivity index (χ2n) is 5.07. The van der Waals surface area contributed by atoms with Crippen molar-refractivity contribution in [3.05, 3.63) is 16.2 Å². The molecule has 2 rings (SSSR count). The summed E-state index contributed by atoms with van der Waals surface area (Å²) < 4.78 is 5.54. The average molecular weight is 314 g/mol. The Morgan fingerprint density at radius 2 is 2.15 bits per heavy atom. The number of halogens is 1. The van der Waals surface area contributed by atoms with Crippen LogP contribution in [0.5, 0.6) is 0 Å². The minimum Gasteiger partial charge on any atom is -0.380 e. The molecule has 1 N–H and O–H groups in total. The number of nitrogens with one attached hydrogen (secondary N) is 1. The van der Waals surface area contributed by atoms with E-state index >= 15 is 0 Å². The van der Waals surface area contributed by atoms with Crippen LogP contribution in [0.2, 0.25) is 5.28 Å². The third-order valence-electron chi connectivity index (χ3n) is 3.12. The van der Waals surface area contributed by atoms with Crippen LogP contribution in [-0.2, 0) is 4.74 Å². The van der Waals surface area contributed by atoms with Crippen molar-refractivity contribution in [1.29, 1.82) is 0 Å². The van der Waals surface area contributed by atoms with Gasteiger partial charge in [0.2, 0.25) is 5.28 Å². The molecule has 0 radical (unpaired) electrons. The zero-order valence-corrected chi connectivity index (χ0v) is 13.8. The Hall–Kier alpha value is -0.910. The normalized spacial score (nSPS) is 13.1. The molecule has 0 saturated heterocycles. The maximum atomic E-state index is 6.01. The lowest BCUT2D eigenvalue weighted by atomic mass is 10.1. The van der Waals surface area contributed by atoms with Gasteiger partial charge in [-0.1, -0.05) is 13.8 Å². The molecule has 0 aliphatic rings. The van der Waals surface area contributed by atoms with Gasteiger partial charge in [0, 0.05) is 11.5 Å². The Morgan fingerprint density at radius 3 is 2.80 bits per heavy atom. The van der Waals surface area contributed by atoms with Crippen LogP contribution >= 0.6 is 22.9 Å². The number of thiophene rings is 1. The van der Waals surface area contributed by atoms with Crippen LogP contribution in [0.15, 0.2) is 6.07 Å². The first-order valence-electron chi connectivity index (χ1n) is 6.79. The quantitative estimate of drug-likeness (QED) is 0.815. The van der Waals surface area contributed by atoms with Crippen LogP contribution in [0.3, 0.4) is 0 Å². The molecule has 2 aromatic heterocycles. The van der Waals surface area contributed by atoms with Crippen LogP contribution in [-0.4, -0.2) is 29.2 Å². The lowest BCUT2D eigenvalue weighted by Crippen LogP contribution is -2.31. The predicted molar refractivity (Wildman–Crippen MR) is 85.9 cm³/mol. The Bertz CT molecular complexity index is 585. The second kappa shape index (κ2) is 6.70. The first kappa shape index (κ1) is 15.5. The highest BCUT2D eigenvalue weighted by atomic mass is 35.5. The standard InChI is InChI=1S/C14H20ClN3OS/c1-5-19-7-11(8(2)3)16-12-10-6-9(4)20-13(10)18-14(15)17-12/h6,8,11H,5,7H2,1-4H3,(H,16,17,18). The van der Waals surface area contributed by atoms with E-state index in [9.17, 15) is 0 Å². The zero-order valence-electron chi connectivity index (χ0n) is 12.2. The maximum absolute atomic E-state index is 6.01. The van der Waals surface area contributed by atoms with Gasteiger partial charge in [0.1, 0.15) is 10.6 Å². The number of hydrogen-bond acceptors (Lipinski definition) is 5. The lowest BCUT2D eigenvalue weighted by Gasteiger charge is -2.23. The summed E-state index contributed by atoms with van der Waals surface area (Å²) in [5.41, 5.74) is 0. The summed E-state index contributed by atoms with van der Waals surface area (Å²) in [4.78, 5) is 10.7. The largest absolute Gasteiger partial charge is 0.380 e. The van der Waals surface area contributed by atoms with Crippen molar-refractivity contribution in [2.75, 3.05) is 18.5 Å². The van der Waals surface area contributed by atoms with E-state index in [0.717, 1.165) is 16.0 Å². The molecular weight excluding hydrogens is 294 g/mol. The highest BCUT2D eigenvalue weighted by Gasteiger charge is 2.17. The SMILES string of the molecule is CCOCC(Nc1nc(Cl)nc2sc(C)cc12)C(C)C. The Morgan fingerprint density at radius 1 is 1.40 bits per heavy atom. The summed E-state index contributed by atoms with van der Waals surface area (Å²) >= 11 is 7.64. The molecule has 6 heteroatoms. The number of nitrogens with zero attached hydrogens (tertiary/aromatic N) is 2. The second-order valence-corrected chi connectivity index (χ2v) is 6.64. The lowest BCUT2D eigenvalue weighted by molar-refractivity contribution is 0.126. The highest BCUT2D eigenvalue weighted by Crippen LogP contribution is 2.30. The van der Waals surface area contributed by atoms with Crippen molar-refractivity contribution in [1.82, 2.24) is 9.97 Å². The van der Waals surface area contributed by atoms with Crippen molar-refractivity contribution in [3.63, 3.8) is 0 Å². The molecule has 4 nitrogen and oxygen atoms in total. The average Bonchev–Trinajstić information content (AvgIpc) is 2.74. The van der Waals surface area contributed by atoms with Crippen LogP contribution in [0.25, 0.3) is 10.2 Å². The van der Waals surface area contributed by atoms with E-state index in [0.29, 0.717) is 19.1 Å². The van der Waals surface area contributed by atoms with E-state index in [2.05, 4.69) is 42.1 Å². The summed E-state index contributed by atoms with van der Waals surface area (Å²) in [5, 5.41) is 4.76. The van der Waals surface area contributed by atoms with Crippen LogP contribution in [0.4, 0.5) is 5.82 Å². The van der Waals surface area contributed by atoms with E-state index in [1.807, 2.05) is 6.92 Å². The van der Waals surface area contributed by atoms with E-state index in [1.165, 1.54) is 4.88 Å². The number of ether oxygens (including phenoxy) is 1. The third kappa shape index (κ3) is 3.59. The number of fused-ring (bicyclic) bond motifs is 1. The molecule has 0 saturated carbocycles. The van der Waals surface area contributed by atoms with Gasteiger partial charge in [-0.2, -0.15) is 0 Å². The minimum absolute atomic E-state index is 0.198. The van der Waals surface area contributed by atoms with Crippen LogP contribution < -0.4 is 5.32 Å². The van der Waals surface area contributed by atoms with Gasteiger partial charge in [-0.15, -0.1) is 11.3 Å². The minimum atomic E-state index is 0.198. The number of rotatable bonds is 6. The monoisotopic (exact) mass is 313 g/mol. The van der Waals surface area contributed by atoms with Crippen molar-refractivity contribution in [2.45, 2.75) is 33.7 Å². The van der Waals surface area contributed by atoms with Crippen molar-refractivity contribution >= 4 is 39.0 Å². The first-order valence-corrected chi connectivity index (χ1v) is 7.98. The van der Waals surface area contributed by atoms with Gasteiger partial charge in [-0.05, 0) is 37.4 Å². The van der Waals surface area contributed by atoms with E-state index < -0.39 is 0 Å². The fourth-order valence-electron chi connectivity index (χ4n) is 1.95. The number of anilines is 1. The molecule has 0 spiro atoms. The molecule has 110 valence electrons. The molecule has 0 fully saturated rings. The van der Waals surface area contributed by atoms with E-state index in [-0.39, 0.29) is 11.3 Å². The van der Waals surface area contributed by atoms with Crippen LogP contribution in [0.1, 0.15) is 25.6 Å². The molecule has 2 heterocycles. The van der Waals surface area contributed by atoms with Gasteiger partial charge >= 0.3 is 0 Å². The third-order valence-corrected chi connectivity index (χ3v) is 4.23. The molecule has 0 aromatic carbocycles. The van der Waals surface area contributed by atoms with Gasteiger partial charge in [0.05, 0.1) is 18.0 Å². The van der Waals surface area contributed by atoms with E-state index in [4.69, 9.17) is 16.3 Å². The molecular formula is C14H20ClN3OS.